The van der Waals surface area contributed by atoms with Crippen molar-refractivity contribution in [1.29, 1.82) is 0 Å². The molecule has 5 rings (SSSR count). The van der Waals surface area contributed by atoms with Gasteiger partial charge < -0.3 is 0 Å². The van der Waals surface area contributed by atoms with E-state index in [9.17, 15) is 4.79 Å². The molecule has 0 amide bonds. The number of aryl methyl sites for hydroxylation is 3. The predicted molar refractivity (Wildman–Crippen MR) is 126 cm³/mol. The van der Waals surface area contributed by atoms with Gasteiger partial charge in [0.25, 0.3) is 5.56 Å². The highest BCUT2D eigenvalue weighted by Gasteiger charge is 2.26. The van der Waals surface area contributed by atoms with Crippen LogP contribution in [-0.2, 0) is 13.1 Å². The van der Waals surface area contributed by atoms with Gasteiger partial charge in [-0.05, 0) is 62.6 Å². The molecule has 0 saturated heterocycles. The largest absolute Gasteiger partial charge is 0.280 e. The highest BCUT2D eigenvalue weighted by atomic mass is 16.1. The van der Waals surface area contributed by atoms with Crippen LogP contribution in [0.4, 0.5) is 0 Å². The molecule has 0 spiro atoms. The maximum absolute atomic E-state index is 13.3. The van der Waals surface area contributed by atoms with E-state index in [1.165, 1.54) is 16.7 Å². The summed E-state index contributed by atoms with van der Waals surface area (Å²) in [6.45, 7) is 4.65. The van der Waals surface area contributed by atoms with E-state index >= 15 is 0 Å². The van der Waals surface area contributed by atoms with Crippen LogP contribution in [0.25, 0.3) is 22.0 Å². The third-order valence-electron chi connectivity index (χ3n) is 6.51. The second-order valence-corrected chi connectivity index (χ2v) is 8.67. The summed E-state index contributed by atoms with van der Waals surface area (Å²) in [6, 6.07) is 23.1. The van der Waals surface area contributed by atoms with Crippen LogP contribution in [0, 0.1) is 13.8 Å². The number of fused-ring (bicyclic) bond motifs is 2. The summed E-state index contributed by atoms with van der Waals surface area (Å²) in [5.41, 5.74) is 7.04. The van der Waals surface area contributed by atoms with Crippen molar-refractivity contribution < 1.29 is 0 Å². The topological polar surface area (TPSA) is 38.1 Å². The quantitative estimate of drug-likeness (QED) is 0.462. The number of benzene rings is 3. The van der Waals surface area contributed by atoms with Crippen LogP contribution in [0.2, 0.25) is 0 Å². The maximum atomic E-state index is 13.3. The molecule has 3 aromatic carbocycles. The first kappa shape index (κ1) is 19.7. The summed E-state index contributed by atoms with van der Waals surface area (Å²) in [6.07, 6.45) is 2.15. The van der Waals surface area contributed by atoms with E-state index in [0.29, 0.717) is 18.1 Å². The molecule has 0 aliphatic heterocycles. The third-order valence-corrected chi connectivity index (χ3v) is 6.51. The Balaban J connectivity index is 1.61. The Morgan fingerprint density at radius 2 is 1.74 bits per heavy atom. The van der Waals surface area contributed by atoms with Gasteiger partial charge in [-0.1, -0.05) is 60.2 Å². The molecule has 1 heterocycles. The van der Waals surface area contributed by atoms with E-state index in [1.807, 2.05) is 24.3 Å². The van der Waals surface area contributed by atoms with Gasteiger partial charge in [-0.2, -0.15) is 5.10 Å². The van der Waals surface area contributed by atoms with Crippen LogP contribution in [0.15, 0.2) is 71.5 Å². The molecule has 4 nitrogen and oxygen atoms in total. The van der Waals surface area contributed by atoms with Gasteiger partial charge in [0.15, 0.2) is 0 Å². The highest BCUT2D eigenvalue weighted by molar-refractivity contribution is 5.94. The van der Waals surface area contributed by atoms with Crippen LogP contribution in [0.1, 0.15) is 34.7 Å². The Hall–Kier alpha value is -3.24. The Kier molecular flexibility index (Phi) is 4.95. The predicted octanol–water partition coefficient (Wildman–Crippen LogP) is 5.26. The van der Waals surface area contributed by atoms with E-state index in [-0.39, 0.29) is 5.56 Å². The molecule has 0 N–H and O–H groups in total. The fourth-order valence-corrected chi connectivity index (χ4v) is 4.82. The lowest BCUT2D eigenvalue weighted by Crippen LogP contribution is -2.33. The zero-order chi connectivity index (χ0) is 21.5. The first-order valence-electron chi connectivity index (χ1n) is 10.9. The van der Waals surface area contributed by atoms with E-state index in [4.69, 9.17) is 5.10 Å². The monoisotopic (exact) mass is 409 g/mol. The molecule has 1 aliphatic rings. The molecular formula is C27H27N3O. The van der Waals surface area contributed by atoms with Gasteiger partial charge in [0.05, 0.1) is 17.7 Å². The van der Waals surface area contributed by atoms with Crippen LogP contribution in [0.3, 0.4) is 0 Å². The molecule has 1 aromatic heterocycles. The van der Waals surface area contributed by atoms with Gasteiger partial charge in [-0.15, -0.1) is 0 Å². The number of aromatic nitrogens is 2. The van der Waals surface area contributed by atoms with Gasteiger partial charge in [0.1, 0.15) is 0 Å². The van der Waals surface area contributed by atoms with Gasteiger partial charge in [-0.25, -0.2) is 4.68 Å². The van der Waals surface area contributed by atoms with Crippen molar-refractivity contribution >= 4 is 10.8 Å². The summed E-state index contributed by atoms with van der Waals surface area (Å²) >= 11 is 0. The summed E-state index contributed by atoms with van der Waals surface area (Å²) in [7, 11) is 2.09. The Bertz CT molecular complexity index is 1340. The molecule has 31 heavy (non-hydrogen) atoms. The fraction of sp³-hybridized carbons (Fsp3) is 0.259. The SMILES string of the molecule is Cc1ccc(C)c(-c2nn(CN(C)C3CCc4ccccc43)c(=O)c3ccccc23)c1. The van der Waals surface area contributed by atoms with Crippen molar-refractivity contribution in [2.75, 3.05) is 7.05 Å². The van der Waals surface area contributed by atoms with Crippen molar-refractivity contribution in [1.82, 2.24) is 14.7 Å². The average Bonchev–Trinajstić information content (AvgIpc) is 3.22. The van der Waals surface area contributed by atoms with Crippen molar-refractivity contribution in [2.24, 2.45) is 0 Å². The summed E-state index contributed by atoms with van der Waals surface area (Å²) in [5.74, 6) is 0. The van der Waals surface area contributed by atoms with Crippen molar-refractivity contribution in [2.45, 2.75) is 39.4 Å². The fourth-order valence-electron chi connectivity index (χ4n) is 4.82. The molecule has 1 atom stereocenters. The standard InChI is InChI=1S/C27H27N3O/c1-18-12-13-19(2)24(16-18)26-22-10-6-7-11-23(22)27(31)30(28-26)17-29(3)25-15-14-20-8-4-5-9-21(20)25/h4-13,16,25H,14-15,17H2,1-3H3. The first-order chi connectivity index (χ1) is 15.0. The summed E-state index contributed by atoms with van der Waals surface area (Å²) in [5, 5.41) is 6.53. The molecule has 0 bridgehead atoms. The van der Waals surface area contributed by atoms with E-state index < -0.39 is 0 Å². The lowest BCUT2D eigenvalue weighted by Gasteiger charge is -2.26. The third kappa shape index (κ3) is 3.47. The number of hydrogen-bond acceptors (Lipinski definition) is 3. The number of hydrogen-bond donors (Lipinski definition) is 0. The minimum absolute atomic E-state index is 0.0391. The molecule has 0 fully saturated rings. The van der Waals surface area contributed by atoms with Gasteiger partial charge in [0.2, 0.25) is 0 Å². The maximum Gasteiger partial charge on any atom is 0.275 e. The van der Waals surface area contributed by atoms with E-state index in [2.05, 4.69) is 68.3 Å². The Labute approximate surface area is 182 Å². The molecular weight excluding hydrogens is 382 g/mol. The van der Waals surface area contributed by atoms with Gasteiger partial charge >= 0.3 is 0 Å². The van der Waals surface area contributed by atoms with Crippen LogP contribution in [0.5, 0.6) is 0 Å². The highest BCUT2D eigenvalue weighted by Crippen LogP contribution is 2.35. The average molecular weight is 410 g/mol. The molecule has 156 valence electrons. The molecule has 4 heteroatoms. The Morgan fingerprint density at radius 1 is 1.00 bits per heavy atom. The molecule has 4 aromatic rings. The minimum atomic E-state index is -0.0391. The first-order valence-corrected chi connectivity index (χ1v) is 10.9. The van der Waals surface area contributed by atoms with Crippen LogP contribution in [-0.4, -0.2) is 21.7 Å². The van der Waals surface area contributed by atoms with Crippen LogP contribution < -0.4 is 5.56 Å². The van der Waals surface area contributed by atoms with E-state index in [1.54, 1.807) is 4.68 Å². The van der Waals surface area contributed by atoms with Crippen molar-refractivity contribution in [3.05, 3.63) is 99.3 Å². The lowest BCUT2D eigenvalue weighted by molar-refractivity contribution is 0.180. The molecule has 1 aliphatic carbocycles. The molecule has 0 radical (unpaired) electrons. The number of rotatable bonds is 4. The number of nitrogens with zero attached hydrogens (tertiary/aromatic N) is 3. The minimum Gasteiger partial charge on any atom is -0.280 e. The molecule has 0 saturated carbocycles. The van der Waals surface area contributed by atoms with Crippen LogP contribution >= 0.6 is 0 Å². The van der Waals surface area contributed by atoms with E-state index in [0.717, 1.165) is 35.0 Å². The summed E-state index contributed by atoms with van der Waals surface area (Å²) in [4.78, 5) is 15.6. The zero-order valence-electron chi connectivity index (χ0n) is 18.3. The van der Waals surface area contributed by atoms with Crippen molar-refractivity contribution in [3.8, 4) is 11.3 Å². The Morgan fingerprint density at radius 3 is 2.58 bits per heavy atom. The van der Waals surface area contributed by atoms with Crippen molar-refractivity contribution in [3.63, 3.8) is 0 Å². The van der Waals surface area contributed by atoms with Gasteiger partial charge in [-0.3, -0.25) is 9.69 Å². The smallest absolute Gasteiger partial charge is 0.275 e. The normalized spacial score (nSPS) is 15.5. The zero-order valence-corrected chi connectivity index (χ0v) is 18.3. The second kappa shape index (κ2) is 7.78. The molecule has 1 unspecified atom stereocenters. The van der Waals surface area contributed by atoms with Gasteiger partial charge in [0, 0.05) is 17.0 Å². The lowest BCUT2D eigenvalue weighted by atomic mass is 9.99. The summed E-state index contributed by atoms with van der Waals surface area (Å²) < 4.78 is 1.64. The second-order valence-electron chi connectivity index (χ2n) is 8.67.